The molecule has 0 fully saturated rings. The van der Waals surface area contributed by atoms with E-state index in [1.54, 1.807) is 13.3 Å². The molecule has 5 heteroatoms. The van der Waals surface area contributed by atoms with Crippen LogP contribution in [0.15, 0.2) is 66.9 Å². The van der Waals surface area contributed by atoms with Gasteiger partial charge in [0.05, 0.1) is 19.0 Å². The minimum absolute atomic E-state index is 0.133. The number of aromatic nitrogens is 1. The first-order valence-electron chi connectivity index (χ1n) is 8.86. The van der Waals surface area contributed by atoms with Gasteiger partial charge in [-0.05, 0) is 48.7 Å². The molecule has 0 saturated heterocycles. The van der Waals surface area contributed by atoms with Gasteiger partial charge in [-0.3, -0.25) is 4.79 Å². The van der Waals surface area contributed by atoms with Crippen LogP contribution in [0, 0.1) is 6.92 Å². The van der Waals surface area contributed by atoms with Crippen LogP contribution in [0.2, 0.25) is 0 Å². The number of para-hydroxylation sites is 1. The summed E-state index contributed by atoms with van der Waals surface area (Å²) in [5.41, 5.74) is 3.42. The molecule has 3 rings (SSSR count). The van der Waals surface area contributed by atoms with Gasteiger partial charge in [0, 0.05) is 12.1 Å². The Bertz CT molecular complexity index is 907. The van der Waals surface area contributed by atoms with Crippen LogP contribution in [0.1, 0.15) is 21.5 Å². The van der Waals surface area contributed by atoms with Crippen LogP contribution in [0.4, 0.5) is 11.5 Å². The van der Waals surface area contributed by atoms with Crippen LogP contribution < -0.4 is 15.4 Å². The Balaban J connectivity index is 1.54. The smallest absolute Gasteiger partial charge is 0.255 e. The van der Waals surface area contributed by atoms with E-state index in [4.69, 9.17) is 4.74 Å². The van der Waals surface area contributed by atoms with Crippen molar-refractivity contribution in [2.75, 3.05) is 24.3 Å². The number of nitrogens with one attached hydrogen (secondary N) is 2. The summed E-state index contributed by atoms with van der Waals surface area (Å²) < 4.78 is 5.36. The average molecular weight is 361 g/mol. The lowest BCUT2D eigenvalue weighted by molar-refractivity contribution is 0.102. The Morgan fingerprint density at radius 1 is 1.04 bits per heavy atom. The number of amides is 1. The van der Waals surface area contributed by atoms with Crippen molar-refractivity contribution >= 4 is 17.4 Å². The number of methoxy groups -OCH3 is 1. The average Bonchev–Trinajstić information content (AvgIpc) is 2.70. The van der Waals surface area contributed by atoms with Gasteiger partial charge in [0.15, 0.2) is 0 Å². The van der Waals surface area contributed by atoms with Crippen LogP contribution in [-0.4, -0.2) is 24.5 Å². The standard InChI is InChI=1S/C22H23N3O2/c1-16-7-3-5-9-19(16)22(26)25-18-11-12-21(24-15-18)23-14-13-17-8-4-6-10-20(17)27-2/h3-12,15H,13-14H2,1-2H3,(H,23,24)(H,25,26). The first-order chi connectivity index (χ1) is 13.2. The molecule has 0 saturated carbocycles. The molecule has 3 aromatic rings. The predicted octanol–water partition coefficient (Wildman–Crippen LogP) is 4.31. The van der Waals surface area contributed by atoms with Crippen molar-refractivity contribution in [3.8, 4) is 5.75 Å². The fourth-order valence-corrected chi connectivity index (χ4v) is 2.83. The molecule has 0 aliphatic rings. The molecule has 0 spiro atoms. The van der Waals surface area contributed by atoms with Gasteiger partial charge in [-0.2, -0.15) is 0 Å². The lowest BCUT2D eigenvalue weighted by Crippen LogP contribution is -2.13. The molecule has 0 bridgehead atoms. The van der Waals surface area contributed by atoms with E-state index in [0.29, 0.717) is 11.3 Å². The molecular weight excluding hydrogens is 338 g/mol. The fraction of sp³-hybridized carbons (Fsp3) is 0.182. The van der Waals surface area contributed by atoms with Crippen molar-refractivity contribution < 1.29 is 9.53 Å². The summed E-state index contributed by atoms with van der Waals surface area (Å²) in [7, 11) is 1.68. The number of hydrogen-bond acceptors (Lipinski definition) is 4. The van der Waals surface area contributed by atoms with Crippen LogP contribution >= 0.6 is 0 Å². The third-order valence-electron chi connectivity index (χ3n) is 4.30. The maximum Gasteiger partial charge on any atom is 0.255 e. The summed E-state index contributed by atoms with van der Waals surface area (Å²) in [5, 5.41) is 6.16. The Morgan fingerprint density at radius 2 is 1.81 bits per heavy atom. The Labute approximate surface area is 159 Å². The molecule has 0 radical (unpaired) electrons. The summed E-state index contributed by atoms with van der Waals surface area (Å²) in [6.07, 6.45) is 2.49. The lowest BCUT2D eigenvalue weighted by atomic mass is 10.1. The van der Waals surface area contributed by atoms with E-state index in [-0.39, 0.29) is 5.91 Å². The maximum absolute atomic E-state index is 12.3. The number of nitrogens with zero attached hydrogens (tertiary/aromatic N) is 1. The molecule has 138 valence electrons. The number of ether oxygens (including phenoxy) is 1. The summed E-state index contributed by atoms with van der Waals surface area (Å²) in [4.78, 5) is 16.7. The zero-order valence-electron chi connectivity index (χ0n) is 15.5. The zero-order chi connectivity index (χ0) is 19.1. The minimum atomic E-state index is -0.133. The summed E-state index contributed by atoms with van der Waals surface area (Å²) in [5.74, 6) is 1.52. The molecule has 1 aromatic heterocycles. The minimum Gasteiger partial charge on any atom is -0.496 e. The van der Waals surface area contributed by atoms with E-state index in [0.717, 1.165) is 35.7 Å². The van der Waals surface area contributed by atoms with E-state index in [2.05, 4.69) is 21.7 Å². The van der Waals surface area contributed by atoms with E-state index >= 15 is 0 Å². The molecule has 5 nitrogen and oxygen atoms in total. The molecule has 1 heterocycles. The number of pyridine rings is 1. The Hall–Kier alpha value is -3.34. The quantitative estimate of drug-likeness (QED) is 0.658. The van der Waals surface area contributed by atoms with Crippen molar-refractivity contribution in [2.45, 2.75) is 13.3 Å². The van der Waals surface area contributed by atoms with Gasteiger partial charge >= 0.3 is 0 Å². The number of hydrogen-bond donors (Lipinski definition) is 2. The monoisotopic (exact) mass is 361 g/mol. The van der Waals surface area contributed by atoms with Gasteiger partial charge in [0.25, 0.3) is 5.91 Å². The van der Waals surface area contributed by atoms with E-state index in [1.165, 1.54) is 0 Å². The fourth-order valence-electron chi connectivity index (χ4n) is 2.83. The van der Waals surface area contributed by atoms with Crippen molar-refractivity contribution in [1.82, 2.24) is 4.98 Å². The first-order valence-corrected chi connectivity index (χ1v) is 8.86. The van der Waals surface area contributed by atoms with Crippen LogP contribution in [-0.2, 0) is 6.42 Å². The third kappa shape index (κ3) is 4.85. The van der Waals surface area contributed by atoms with Gasteiger partial charge in [-0.1, -0.05) is 36.4 Å². The van der Waals surface area contributed by atoms with Crippen LogP contribution in [0.3, 0.4) is 0 Å². The second-order valence-corrected chi connectivity index (χ2v) is 6.19. The normalized spacial score (nSPS) is 10.3. The van der Waals surface area contributed by atoms with Gasteiger partial charge in [0.1, 0.15) is 11.6 Å². The third-order valence-corrected chi connectivity index (χ3v) is 4.30. The van der Waals surface area contributed by atoms with E-state index in [1.807, 2.05) is 61.5 Å². The molecule has 2 N–H and O–H groups in total. The van der Waals surface area contributed by atoms with Gasteiger partial charge in [-0.25, -0.2) is 4.98 Å². The van der Waals surface area contributed by atoms with E-state index in [9.17, 15) is 4.79 Å². The Kier molecular flexibility index (Phi) is 6.05. The van der Waals surface area contributed by atoms with Crippen LogP contribution in [0.25, 0.3) is 0 Å². The number of carbonyl (C=O) groups is 1. The lowest BCUT2D eigenvalue weighted by Gasteiger charge is -2.10. The number of aryl methyl sites for hydroxylation is 1. The van der Waals surface area contributed by atoms with Crippen molar-refractivity contribution in [3.05, 3.63) is 83.6 Å². The molecule has 2 aromatic carbocycles. The highest BCUT2D eigenvalue weighted by Crippen LogP contribution is 2.18. The summed E-state index contributed by atoms with van der Waals surface area (Å²) in [6, 6.07) is 19.2. The number of rotatable bonds is 7. The molecule has 27 heavy (non-hydrogen) atoms. The van der Waals surface area contributed by atoms with Crippen molar-refractivity contribution in [3.63, 3.8) is 0 Å². The summed E-state index contributed by atoms with van der Waals surface area (Å²) >= 11 is 0. The first kappa shape index (κ1) is 18.5. The van der Waals surface area contributed by atoms with Gasteiger partial charge in [0.2, 0.25) is 0 Å². The van der Waals surface area contributed by atoms with E-state index < -0.39 is 0 Å². The largest absolute Gasteiger partial charge is 0.496 e. The molecular formula is C22H23N3O2. The summed E-state index contributed by atoms with van der Waals surface area (Å²) in [6.45, 7) is 2.66. The molecule has 1 amide bonds. The predicted molar refractivity (Wildman–Crippen MR) is 109 cm³/mol. The highest BCUT2D eigenvalue weighted by atomic mass is 16.5. The molecule has 0 atom stereocenters. The number of benzene rings is 2. The Morgan fingerprint density at radius 3 is 2.56 bits per heavy atom. The van der Waals surface area contributed by atoms with Crippen molar-refractivity contribution in [2.24, 2.45) is 0 Å². The van der Waals surface area contributed by atoms with Crippen LogP contribution in [0.5, 0.6) is 5.75 Å². The highest BCUT2D eigenvalue weighted by molar-refractivity contribution is 6.05. The second-order valence-electron chi connectivity index (χ2n) is 6.19. The molecule has 0 aliphatic carbocycles. The second kappa shape index (κ2) is 8.85. The number of anilines is 2. The maximum atomic E-state index is 12.3. The van der Waals surface area contributed by atoms with Gasteiger partial charge < -0.3 is 15.4 Å². The topological polar surface area (TPSA) is 63.2 Å². The molecule has 0 unspecified atom stereocenters. The van der Waals surface area contributed by atoms with Gasteiger partial charge in [-0.15, -0.1) is 0 Å². The van der Waals surface area contributed by atoms with Crippen molar-refractivity contribution in [1.29, 1.82) is 0 Å². The highest BCUT2D eigenvalue weighted by Gasteiger charge is 2.08. The zero-order valence-corrected chi connectivity index (χ0v) is 15.5. The molecule has 0 aliphatic heterocycles. The SMILES string of the molecule is COc1ccccc1CCNc1ccc(NC(=O)c2ccccc2C)cn1. The number of carbonyl (C=O) groups excluding carboxylic acids is 1.